The van der Waals surface area contributed by atoms with Gasteiger partial charge in [0, 0.05) is 11.6 Å². The van der Waals surface area contributed by atoms with Gasteiger partial charge in [-0.3, -0.25) is 0 Å². The SMILES string of the molecule is CC(NCCC1=CCOCC1)c1ccoc1. The maximum atomic E-state index is 5.28. The van der Waals surface area contributed by atoms with Crippen LogP contribution in [0.4, 0.5) is 0 Å². The minimum absolute atomic E-state index is 0.360. The number of rotatable bonds is 5. The van der Waals surface area contributed by atoms with E-state index >= 15 is 0 Å². The molecule has 0 radical (unpaired) electrons. The summed E-state index contributed by atoms with van der Waals surface area (Å²) in [6.07, 6.45) is 7.92. The smallest absolute Gasteiger partial charge is 0.0950 e. The first-order valence-electron chi connectivity index (χ1n) is 5.87. The second-order valence-corrected chi connectivity index (χ2v) is 4.17. The van der Waals surface area contributed by atoms with Gasteiger partial charge in [-0.25, -0.2) is 0 Å². The molecule has 0 saturated carbocycles. The molecule has 0 spiro atoms. The van der Waals surface area contributed by atoms with Crippen molar-refractivity contribution in [2.75, 3.05) is 19.8 Å². The van der Waals surface area contributed by atoms with E-state index in [9.17, 15) is 0 Å². The van der Waals surface area contributed by atoms with Gasteiger partial charge in [0.1, 0.15) is 0 Å². The van der Waals surface area contributed by atoms with E-state index in [2.05, 4.69) is 18.3 Å². The molecule has 0 saturated heterocycles. The summed E-state index contributed by atoms with van der Waals surface area (Å²) in [7, 11) is 0. The van der Waals surface area contributed by atoms with Gasteiger partial charge >= 0.3 is 0 Å². The van der Waals surface area contributed by atoms with Crippen LogP contribution in [-0.4, -0.2) is 19.8 Å². The summed E-state index contributed by atoms with van der Waals surface area (Å²) in [4.78, 5) is 0. The zero-order valence-electron chi connectivity index (χ0n) is 9.74. The molecular formula is C13H19NO2. The fourth-order valence-electron chi connectivity index (χ4n) is 1.88. The number of hydrogen-bond donors (Lipinski definition) is 1. The quantitative estimate of drug-likeness (QED) is 0.776. The largest absolute Gasteiger partial charge is 0.472 e. The summed E-state index contributed by atoms with van der Waals surface area (Å²) in [6, 6.07) is 2.37. The summed E-state index contributed by atoms with van der Waals surface area (Å²) in [5.74, 6) is 0. The molecule has 2 heterocycles. The first-order valence-corrected chi connectivity index (χ1v) is 5.87. The van der Waals surface area contributed by atoms with Crippen molar-refractivity contribution in [2.24, 2.45) is 0 Å². The van der Waals surface area contributed by atoms with E-state index in [0.717, 1.165) is 32.6 Å². The minimum Gasteiger partial charge on any atom is -0.472 e. The molecular weight excluding hydrogens is 202 g/mol. The van der Waals surface area contributed by atoms with E-state index < -0.39 is 0 Å². The summed E-state index contributed by atoms with van der Waals surface area (Å²) >= 11 is 0. The number of ether oxygens (including phenoxy) is 1. The van der Waals surface area contributed by atoms with Crippen molar-refractivity contribution in [3.63, 3.8) is 0 Å². The zero-order valence-corrected chi connectivity index (χ0v) is 9.74. The van der Waals surface area contributed by atoms with Gasteiger partial charge in [-0.15, -0.1) is 0 Å². The highest BCUT2D eigenvalue weighted by Crippen LogP contribution is 2.14. The van der Waals surface area contributed by atoms with Crippen molar-refractivity contribution < 1.29 is 9.15 Å². The standard InChI is InChI=1S/C13H19NO2/c1-11(13-5-9-16-10-13)14-6-2-12-3-7-15-8-4-12/h3,5,9-11,14H,2,4,6-8H2,1H3. The van der Waals surface area contributed by atoms with Crippen LogP contribution in [0, 0.1) is 0 Å². The zero-order chi connectivity index (χ0) is 11.2. The molecule has 0 aromatic carbocycles. The third kappa shape index (κ3) is 3.22. The summed E-state index contributed by atoms with van der Waals surface area (Å²) in [5, 5.41) is 3.49. The molecule has 3 nitrogen and oxygen atoms in total. The molecule has 0 aliphatic carbocycles. The lowest BCUT2D eigenvalue weighted by Crippen LogP contribution is -2.20. The molecule has 1 unspecified atom stereocenters. The number of nitrogens with one attached hydrogen (secondary N) is 1. The normalized spacial score (nSPS) is 18.2. The highest BCUT2D eigenvalue weighted by atomic mass is 16.5. The molecule has 88 valence electrons. The first kappa shape index (κ1) is 11.4. The van der Waals surface area contributed by atoms with Crippen molar-refractivity contribution >= 4 is 0 Å². The van der Waals surface area contributed by atoms with Crippen LogP contribution in [0.3, 0.4) is 0 Å². The van der Waals surface area contributed by atoms with E-state index in [1.807, 2.05) is 6.07 Å². The molecule has 1 atom stereocenters. The Kier molecular flexibility index (Phi) is 4.19. The predicted molar refractivity (Wildman–Crippen MR) is 63.3 cm³/mol. The van der Waals surface area contributed by atoms with Gasteiger partial charge < -0.3 is 14.5 Å². The van der Waals surface area contributed by atoms with Gasteiger partial charge in [-0.2, -0.15) is 0 Å². The van der Waals surface area contributed by atoms with Crippen LogP contribution in [0.5, 0.6) is 0 Å². The molecule has 0 amide bonds. The molecule has 2 rings (SSSR count). The maximum Gasteiger partial charge on any atom is 0.0950 e. The Morgan fingerprint density at radius 3 is 3.12 bits per heavy atom. The number of furan rings is 1. The van der Waals surface area contributed by atoms with Crippen LogP contribution in [0.2, 0.25) is 0 Å². The second-order valence-electron chi connectivity index (χ2n) is 4.17. The summed E-state index contributed by atoms with van der Waals surface area (Å²) in [5.41, 5.74) is 2.72. The summed E-state index contributed by atoms with van der Waals surface area (Å²) in [6.45, 7) is 4.83. The third-order valence-corrected chi connectivity index (χ3v) is 3.00. The van der Waals surface area contributed by atoms with Crippen molar-refractivity contribution in [1.82, 2.24) is 5.32 Å². The summed E-state index contributed by atoms with van der Waals surface area (Å²) < 4.78 is 10.3. The van der Waals surface area contributed by atoms with E-state index in [1.165, 1.54) is 11.1 Å². The molecule has 16 heavy (non-hydrogen) atoms. The first-order chi connectivity index (χ1) is 7.86. The van der Waals surface area contributed by atoms with Gasteiger partial charge in [-0.05, 0) is 32.4 Å². The van der Waals surface area contributed by atoms with E-state index in [-0.39, 0.29) is 0 Å². The Morgan fingerprint density at radius 1 is 1.50 bits per heavy atom. The van der Waals surface area contributed by atoms with Gasteiger partial charge in [0.05, 0.1) is 25.7 Å². The molecule has 0 fully saturated rings. The molecule has 1 aromatic heterocycles. The highest BCUT2D eigenvalue weighted by Gasteiger charge is 2.07. The molecule has 1 aliphatic heterocycles. The Balaban J connectivity index is 1.69. The van der Waals surface area contributed by atoms with Crippen LogP contribution < -0.4 is 5.32 Å². The third-order valence-electron chi connectivity index (χ3n) is 3.00. The minimum atomic E-state index is 0.360. The molecule has 3 heteroatoms. The van der Waals surface area contributed by atoms with Crippen LogP contribution in [0.25, 0.3) is 0 Å². The Labute approximate surface area is 96.5 Å². The molecule has 1 aliphatic rings. The lowest BCUT2D eigenvalue weighted by Gasteiger charge is -2.16. The van der Waals surface area contributed by atoms with E-state index in [1.54, 1.807) is 12.5 Å². The van der Waals surface area contributed by atoms with Crippen LogP contribution in [0.1, 0.15) is 31.4 Å². The molecule has 1 N–H and O–H groups in total. The van der Waals surface area contributed by atoms with Crippen LogP contribution in [-0.2, 0) is 4.74 Å². The van der Waals surface area contributed by atoms with E-state index in [4.69, 9.17) is 9.15 Å². The fraction of sp³-hybridized carbons (Fsp3) is 0.538. The average molecular weight is 221 g/mol. The van der Waals surface area contributed by atoms with Crippen LogP contribution >= 0.6 is 0 Å². The van der Waals surface area contributed by atoms with Crippen molar-refractivity contribution in [2.45, 2.75) is 25.8 Å². The van der Waals surface area contributed by atoms with Gasteiger partial charge in [0.2, 0.25) is 0 Å². The lowest BCUT2D eigenvalue weighted by molar-refractivity contribution is 0.153. The maximum absolute atomic E-state index is 5.28. The topological polar surface area (TPSA) is 34.4 Å². The number of hydrogen-bond acceptors (Lipinski definition) is 3. The Morgan fingerprint density at radius 2 is 2.44 bits per heavy atom. The van der Waals surface area contributed by atoms with Gasteiger partial charge in [0.15, 0.2) is 0 Å². The van der Waals surface area contributed by atoms with Crippen LogP contribution in [0.15, 0.2) is 34.7 Å². The molecule has 1 aromatic rings. The molecule has 0 bridgehead atoms. The Hall–Kier alpha value is -1.06. The predicted octanol–water partition coefficient (Wildman–Crippen LogP) is 2.67. The van der Waals surface area contributed by atoms with Crippen molar-refractivity contribution in [1.29, 1.82) is 0 Å². The monoisotopic (exact) mass is 221 g/mol. The Bertz CT molecular complexity index is 330. The fourth-order valence-corrected chi connectivity index (χ4v) is 1.88. The van der Waals surface area contributed by atoms with Gasteiger partial charge in [-0.1, -0.05) is 11.6 Å². The highest BCUT2D eigenvalue weighted by molar-refractivity contribution is 5.10. The van der Waals surface area contributed by atoms with Crippen molar-refractivity contribution in [3.8, 4) is 0 Å². The average Bonchev–Trinajstić information content (AvgIpc) is 2.84. The van der Waals surface area contributed by atoms with E-state index in [0.29, 0.717) is 6.04 Å². The lowest BCUT2D eigenvalue weighted by atomic mass is 10.1. The second kappa shape index (κ2) is 5.87. The van der Waals surface area contributed by atoms with Gasteiger partial charge in [0.25, 0.3) is 0 Å². The van der Waals surface area contributed by atoms with Crippen molar-refractivity contribution in [3.05, 3.63) is 35.8 Å².